The number of aryl methyl sites for hydroxylation is 1. The van der Waals surface area contributed by atoms with E-state index in [1.165, 1.54) is 0 Å². The van der Waals surface area contributed by atoms with Crippen LogP contribution in [0.15, 0.2) is 48.5 Å². The van der Waals surface area contributed by atoms with E-state index in [1.807, 2.05) is 36.1 Å². The standard InChI is InChI=1S/C22H20Cl2N4O/c1-14-25-20-11-13-28(22(29)27-18-8-6-17(24)7-9-18)12-10-19(20)21(26-14)15-2-4-16(23)5-3-15/h2-9H,10-13H2,1H3,(H,27,29). The Bertz CT molecular complexity index is 1040. The van der Waals surface area contributed by atoms with Crippen molar-refractivity contribution in [1.29, 1.82) is 0 Å². The maximum atomic E-state index is 12.7. The van der Waals surface area contributed by atoms with Gasteiger partial charge in [0.15, 0.2) is 0 Å². The van der Waals surface area contributed by atoms with Crippen molar-refractivity contribution in [3.05, 3.63) is 75.7 Å². The van der Waals surface area contributed by atoms with Crippen molar-refractivity contribution in [3.63, 3.8) is 0 Å². The Labute approximate surface area is 179 Å². The fraction of sp³-hybridized carbons (Fsp3) is 0.227. The molecule has 1 N–H and O–H groups in total. The topological polar surface area (TPSA) is 58.1 Å². The summed E-state index contributed by atoms with van der Waals surface area (Å²) in [6.07, 6.45) is 1.38. The minimum Gasteiger partial charge on any atom is -0.324 e. The first-order chi connectivity index (χ1) is 14.0. The Balaban J connectivity index is 1.55. The van der Waals surface area contributed by atoms with Crippen molar-refractivity contribution in [2.24, 2.45) is 0 Å². The smallest absolute Gasteiger partial charge is 0.321 e. The van der Waals surface area contributed by atoms with E-state index < -0.39 is 0 Å². The first kappa shape index (κ1) is 19.7. The van der Waals surface area contributed by atoms with Crippen LogP contribution < -0.4 is 5.32 Å². The maximum absolute atomic E-state index is 12.7. The molecular weight excluding hydrogens is 407 g/mol. The summed E-state index contributed by atoms with van der Waals surface area (Å²) in [5.41, 5.74) is 4.75. The molecule has 0 saturated heterocycles. The Kier molecular flexibility index (Phi) is 5.69. The largest absolute Gasteiger partial charge is 0.324 e. The highest BCUT2D eigenvalue weighted by molar-refractivity contribution is 6.30. The minimum absolute atomic E-state index is 0.127. The van der Waals surface area contributed by atoms with E-state index in [0.717, 1.165) is 34.0 Å². The molecule has 3 aromatic rings. The summed E-state index contributed by atoms with van der Waals surface area (Å²) in [6.45, 7) is 3.10. The molecule has 0 bridgehead atoms. The molecule has 0 radical (unpaired) electrons. The molecule has 148 valence electrons. The van der Waals surface area contributed by atoms with Gasteiger partial charge in [0.25, 0.3) is 0 Å². The van der Waals surface area contributed by atoms with Gasteiger partial charge in [-0.3, -0.25) is 0 Å². The van der Waals surface area contributed by atoms with E-state index in [9.17, 15) is 4.79 Å². The van der Waals surface area contributed by atoms with Crippen LogP contribution in [0.3, 0.4) is 0 Å². The van der Waals surface area contributed by atoms with Crippen LogP contribution in [0, 0.1) is 6.92 Å². The number of hydrogen-bond acceptors (Lipinski definition) is 3. The number of amides is 2. The molecule has 1 aliphatic heterocycles. The van der Waals surface area contributed by atoms with Gasteiger partial charge in [-0.15, -0.1) is 0 Å². The highest BCUT2D eigenvalue weighted by Gasteiger charge is 2.23. The lowest BCUT2D eigenvalue weighted by atomic mass is 10.0. The van der Waals surface area contributed by atoms with Crippen molar-refractivity contribution in [2.75, 3.05) is 18.4 Å². The molecule has 5 nitrogen and oxygen atoms in total. The van der Waals surface area contributed by atoms with Gasteiger partial charge in [-0.25, -0.2) is 14.8 Å². The van der Waals surface area contributed by atoms with Crippen LogP contribution in [-0.2, 0) is 12.8 Å². The summed E-state index contributed by atoms with van der Waals surface area (Å²) in [5, 5.41) is 4.26. The molecule has 29 heavy (non-hydrogen) atoms. The molecule has 0 aliphatic carbocycles. The molecular formula is C22H20Cl2N4O. The number of urea groups is 1. The Morgan fingerprint density at radius 1 is 0.931 bits per heavy atom. The van der Waals surface area contributed by atoms with Crippen LogP contribution in [0.25, 0.3) is 11.3 Å². The highest BCUT2D eigenvalue weighted by Crippen LogP contribution is 2.28. The summed E-state index contributed by atoms with van der Waals surface area (Å²) in [6, 6.07) is 14.6. The minimum atomic E-state index is -0.127. The lowest BCUT2D eigenvalue weighted by molar-refractivity contribution is 0.214. The molecule has 2 aromatic carbocycles. The van der Waals surface area contributed by atoms with Crippen LogP contribution in [0.2, 0.25) is 10.0 Å². The monoisotopic (exact) mass is 426 g/mol. The molecule has 0 spiro atoms. The predicted octanol–water partition coefficient (Wildman–Crippen LogP) is 5.39. The van der Waals surface area contributed by atoms with E-state index in [1.54, 1.807) is 24.3 Å². The van der Waals surface area contributed by atoms with Crippen molar-refractivity contribution in [2.45, 2.75) is 19.8 Å². The quantitative estimate of drug-likeness (QED) is 0.597. The Morgan fingerprint density at radius 2 is 1.55 bits per heavy atom. The van der Waals surface area contributed by atoms with Gasteiger partial charge in [0.05, 0.1) is 5.69 Å². The van der Waals surface area contributed by atoms with Crippen molar-refractivity contribution in [3.8, 4) is 11.3 Å². The summed E-state index contributed by atoms with van der Waals surface area (Å²) < 4.78 is 0. The summed E-state index contributed by atoms with van der Waals surface area (Å²) in [7, 11) is 0. The number of carbonyl (C=O) groups excluding carboxylic acids is 1. The summed E-state index contributed by atoms with van der Waals surface area (Å²) in [5.74, 6) is 0.729. The van der Waals surface area contributed by atoms with Crippen LogP contribution in [-0.4, -0.2) is 34.0 Å². The zero-order valence-electron chi connectivity index (χ0n) is 16.0. The van der Waals surface area contributed by atoms with E-state index in [2.05, 4.69) is 15.3 Å². The first-order valence-electron chi connectivity index (χ1n) is 9.43. The number of hydrogen-bond donors (Lipinski definition) is 1. The van der Waals surface area contributed by atoms with E-state index in [4.69, 9.17) is 23.2 Å². The molecule has 7 heteroatoms. The van der Waals surface area contributed by atoms with Crippen LogP contribution >= 0.6 is 23.2 Å². The van der Waals surface area contributed by atoms with Gasteiger partial charge >= 0.3 is 6.03 Å². The fourth-order valence-electron chi connectivity index (χ4n) is 3.51. The zero-order valence-corrected chi connectivity index (χ0v) is 17.5. The van der Waals surface area contributed by atoms with Crippen LogP contribution in [0.1, 0.15) is 17.1 Å². The number of anilines is 1. The third-order valence-electron chi connectivity index (χ3n) is 4.96. The average Bonchev–Trinajstić information content (AvgIpc) is 2.92. The molecule has 4 rings (SSSR count). The van der Waals surface area contributed by atoms with Crippen LogP contribution in [0.5, 0.6) is 0 Å². The van der Waals surface area contributed by atoms with Crippen molar-refractivity contribution in [1.82, 2.24) is 14.9 Å². The number of carbonyl (C=O) groups is 1. The molecule has 0 atom stereocenters. The molecule has 0 saturated carbocycles. The van der Waals surface area contributed by atoms with E-state index in [-0.39, 0.29) is 6.03 Å². The Hall–Kier alpha value is -2.63. The van der Waals surface area contributed by atoms with E-state index in [0.29, 0.717) is 36.0 Å². The predicted molar refractivity (Wildman–Crippen MR) is 117 cm³/mol. The third-order valence-corrected chi connectivity index (χ3v) is 5.46. The molecule has 1 aromatic heterocycles. The van der Waals surface area contributed by atoms with Gasteiger partial charge < -0.3 is 10.2 Å². The summed E-state index contributed by atoms with van der Waals surface area (Å²) >= 11 is 12.0. The number of aromatic nitrogens is 2. The van der Waals surface area contributed by atoms with Crippen molar-refractivity contribution >= 4 is 34.9 Å². The number of nitrogens with zero attached hydrogens (tertiary/aromatic N) is 3. The molecule has 2 heterocycles. The average molecular weight is 427 g/mol. The number of fused-ring (bicyclic) bond motifs is 1. The van der Waals surface area contributed by atoms with Crippen LogP contribution in [0.4, 0.5) is 10.5 Å². The number of rotatable bonds is 2. The zero-order chi connectivity index (χ0) is 20.4. The van der Waals surface area contributed by atoms with Gasteiger partial charge in [-0.1, -0.05) is 35.3 Å². The second-order valence-corrected chi connectivity index (χ2v) is 7.85. The van der Waals surface area contributed by atoms with Crippen molar-refractivity contribution < 1.29 is 4.79 Å². The fourth-order valence-corrected chi connectivity index (χ4v) is 3.76. The third kappa shape index (κ3) is 4.52. The second kappa shape index (κ2) is 8.39. The Morgan fingerprint density at radius 3 is 2.24 bits per heavy atom. The van der Waals surface area contributed by atoms with E-state index >= 15 is 0 Å². The molecule has 2 amide bonds. The van der Waals surface area contributed by atoms with Gasteiger partial charge in [-0.05, 0) is 49.7 Å². The van der Waals surface area contributed by atoms with Gasteiger partial charge in [-0.2, -0.15) is 0 Å². The molecule has 0 fully saturated rings. The molecule has 1 aliphatic rings. The van der Waals surface area contributed by atoms with Gasteiger partial charge in [0, 0.05) is 52.1 Å². The SMILES string of the molecule is Cc1nc2c(c(-c3ccc(Cl)cc3)n1)CCN(C(=O)Nc1ccc(Cl)cc1)CC2. The highest BCUT2D eigenvalue weighted by atomic mass is 35.5. The maximum Gasteiger partial charge on any atom is 0.321 e. The first-order valence-corrected chi connectivity index (χ1v) is 10.2. The van der Waals surface area contributed by atoms with Gasteiger partial charge in [0.2, 0.25) is 0 Å². The van der Waals surface area contributed by atoms with Gasteiger partial charge in [0.1, 0.15) is 5.82 Å². The lowest BCUT2D eigenvalue weighted by Crippen LogP contribution is -2.36. The normalized spacial score (nSPS) is 13.6. The number of benzene rings is 2. The summed E-state index contributed by atoms with van der Waals surface area (Å²) in [4.78, 5) is 23.9. The second-order valence-electron chi connectivity index (χ2n) is 6.98. The number of nitrogens with one attached hydrogen (secondary N) is 1. The number of halogens is 2. The lowest BCUT2D eigenvalue weighted by Gasteiger charge is -2.20. The molecule has 0 unspecified atom stereocenters.